The molecule has 0 aliphatic heterocycles. The molecule has 0 fully saturated rings. The topological polar surface area (TPSA) is 9.23 Å². The third-order valence-corrected chi connectivity index (χ3v) is 1.79. The third-order valence-electron chi connectivity index (χ3n) is 1.53. The van der Waals surface area contributed by atoms with Crippen molar-refractivity contribution < 1.29 is 4.74 Å². The van der Waals surface area contributed by atoms with Gasteiger partial charge in [-0.25, -0.2) is 0 Å². The summed E-state index contributed by atoms with van der Waals surface area (Å²) in [6.45, 7) is 3.67. The summed E-state index contributed by atoms with van der Waals surface area (Å²) in [5.74, 6) is 3.28. The summed E-state index contributed by atoms with van der Waals surface area (Å²) >= 11 is 5.72. The van der Waals surface area contributed by atoms with Crippen LogP contribution in [-0.4, -0.2) is 5.60 Å². The number of ether oxygens (including phenoxy) is 1. The summed E-state index contributed by atoms with van der Waals surface area (Å²) in [5, 5.41) is 0.686. The minimum absolute atomic E-state index is 0.576. The van der Waals surface area contributed by atoms with Crippen molar-refractivity contribution in [3.63, 3.8) is 0 Å². The number of hydrogen-bond acceptors (Lipinski definition) is 1. The molecule has 1 rings (SSSR count). The molecule has 0 aromatic heterocycles. The van der Waals surface area contributed by atoms with Crippen molar-refractivity contribution in [3.8, 4) is 18.1 Å². The molecule has 0 unspecified atom stereocenters. The largest absolute Gasteiger partial charge is 0.475 e. The van der Waals surface area contributed by atoms with Crippen LogP contribution < -0.4 is 4.74 Å². The van der Waals surface area contributed by atoms with Gasteiger partial charge in [-0.05, 0) is 38.1 Å². The monoisotopic (exact) mass is 194 g/mol. The summed E-state index contributed by atoms with van der Waals surface area (Å²) < 4.78 is 5.51. The first kappa shape index (κ1) is 9.95. The van der Waals surface area contributed by atoms with Gasteiger partial charge in [-0.1, -0.05) is 17.5 Å². The van der Waals surface area contributed by atoms with Gasteiger partial charge in [-0.15, -0.1) is 6.42 Å². The van der Waals surface area contributed by atoms with Gasteiger partial charge in [0.2, 0.25) is 0 Å². The molecule has 0 heterocycles. The zero-order valence-electron chi connectivity index (χ0n) is 7.67. The number of benzene rings is 1. The van der Waals surface area contributed by atoms with E-state index in [0.29, 0.717) is 5.02 Å². The molecule has 0 bridgehead atoms. The van der Waals surface area contributed by atoms with E-state index in [1.165, 1.54) is 0 Å². The van der Waals surface area contributed by atoms with E-state index in [-0.39, 0.29) is 0 Å². The summed E-state index contributed by atoms with van der Waals surface area (Å²) in [7, 11) is 0. The van der Waals surface area contributed by atoms with Crippen LogP contribution >= 0.6 is 11.6 Å². The summed E-state index contributed by atoms with van der Waals surface area (Å²) in [5.41, 5.74) is -0.576. The van der Waals surface area contributed by atoms with Crippen molar-refractivity contribution in [3.05, 3.63) is 29.3 Å². The van der Waals surface area contributed by atoms with Crippen LogP contribution in [0.5, 0.6) is 5.75 Å². The Hall–Kier alpha value is -1.13. The Kier molecular flexibility index (Phi) is 2.85. The smallest absolute Gasteiger partial charge is 0.163 e. The number of halogens is 1. The highest BCUT2D eigenvalue weighted by Crippen LogP contribution is 2.20. The highest BCUT2D eigenvalue weighted by atomic mass is 35.5. The molecule has 0 saturated carbocycles. The molecular formula is C11H11ClO. The Morgan fingerprint density at radius 1 is 1.31 bits per heavy atom. The molecule has 0 atom stereocenters. The van der Waals surface area contributed by atoms with E-state index in [4.69, 9.17) is 22.8 Å². The van der Waals surface area contributed by atoms with Crippen LogP contribution in [-0.2, 0) is 0 Å². The SMILES string of the molecule is C#CC(C)(C)Oc1ccc(Cl)cc1. The highest BCUT2D eigenvalue weighted by molar-refractivity contribution is 6.30. The van der Waals surface area contributed by atoms with Gasteiger partial charge in [-0.3, -0.25) is 0 Å². The van der Waals surface area contributed by atoms with E-state index < -0.39 is 5.60 Å². The van der Waals surface area contributed by atoms with Crippen LogP contribution in [0.4, 0.5) is 0 Å². The lowest BCUT2D eigenvalue weighted by molar-refractivity contribution is 0.172. The first-order valence-corrected chi connectivity index (χ1v) is 4.34. The van der Waals surface area contributed by atoms with Crippen molar-refractivity contribution in [2.24, 2.45) is 0 Å². The molecule has 2 heteroatoms. The van der Waals surface area contributed by atoms with Crippen molar-refractivity contribution in [2.45, 2.75) is 19.4 Å². The highest BCUT2D eigenvalue weighted by Gasteiger charge is 2.14. The zero-order valence-corrected chi connectivity index (χ0v) is 8.43. The second-order valence-corrected chi connectivity index (χ2v) is 3.65. The number of rotatable bonds is 2. The molecule has 68 valence electrons. The second kappa shape index (κ2) is 3.72. The van der Waals surface area contributed by atoms with E-state index in [1.807, 2.05) is 13.8 Å². The normalized spacial score (nSPS) is 10.6. The minimum atomic E-state index is -0.576. The Bertz CT molecular complexity index is 319. The van der Waals surface area contributed by atoms with Crippen LogP contribution in [0.2, 0.25) is 5.02 Å². The molecule has 1 aromatic carbocycles. The maximum atomic E-state index is 5.72. The minimum Gasteiger partial charge on any atom is -0.475 e. The maximum absolute atomic E-state index is 5.72. The zero-order chi connectivity index (χ0) is 9.90. The Labute approximate surface area is 83.7 Å². The molecule has 0 amide bonds. The standard InChI is InChI=1S/C11H11ClO/c1-4-11(2,3)13-10-7-5-9(12)6-8-10/h1,5-8H,2-3H3. The average Bonchev–Trinajstić information content (AvgIpc) is 2.09. The van der Waals surface area contributed by atoms with Crippen LogP contribution in [0.15, 0.2) is 24.3 Å². The van der Waals surface area contributed by atoms with Gasteiger partial charge in [-0.2, -0.15) is 0 Å². The Morgan fingerprint density at radius 3 is 2.31 bits per heavy atom. The Balaban J connectivity index is 2.77. The first-order valence-electron chi connectivity index (χ1n) is 3.96. The van der Waals surface area contributed by atoms with Gasteiger partial charge >= 0.3 is 0 Å². The lowest BCUT2D eigenvalue weighted by atomic mass is 10.1. The van der Waals surface area contributed by atoms with Gasteiger partial charge in [0.25, 0.3) is 0 Å². The van der Waals surface area contributed by atoms with Crippen LogP contribution in [0.25, 0.3) is 0 Å². The molecule has 0 radical (unpaired) electrons. The fourth-order valence-electron chi connectivity index (χ4n) is 0.827. The predicted molar refractivity (Wildman–Crippen MR) is 55.0 cm³/mol. The lowest BCUT2D eigenvalue weighted by Crippen LogP contribution is -2.25. The third kappa shape index (κ3) is 3.01. The predicted octanol–water partition coefficient (Wildman–Crippen LogP) is 3.13. The summed E-state index contributed by atoms with van der Waals surface area (Å²) in [6.07, 6.45) is 5.28. The van der Waals surface area contributed by atoms with Gasteiger partial charge in [0.15, 0.2) is 5.60 Å². The molecule has 0 aliphatic rings. The Morgan fingerprint density at radius 2 is 1.85 bits per heavy atom. The van der Waals surface area contributed by atoms with Crippen molar-refractivity contribution in [2.75, 3.05) is 0 Å². The molecule has 0 aliphatic carbocycles. The van der Waals surface area contributed by atoms with Crippen LogP contribution in [0, 0.1) is 12.3 Å². The molecule has 0 N–H and O–H groups in total. The molecule has 13 heavy (non-hydrogen) atoms. The molecule has 1 nitrogen and oxygen atoms in total. The van der Waals surface area contributed by atoms with E-state index in [1.54, 1.807) is 24.3 Å². The van der Waals surface area contributed by atoms with Crippen molar-refractivity contribution >= 4 is 11.6 Å². The first-order chi connectivity index (χ1) is 6.03. The van der Waals surface area contributed by atoms with Gasteiger partial charge in [0.1, 0.15) is 5.75 Å². The van der Waals surface area contributed by atoms with Crippen molar-refractivity contribution in [1.82, 2.24) is 0 Å². The van der Waals surface area contributed by atoms with Crippen LogP contribution in [0.1, 0.15) is 13.8 Å². The maximum Gasteiger partial charge on any atom is 0.163 e. The van der Waals surface area contributed by atoms with Gasteiger partial charge < -0.3 is 4.74 Å². The van der Waals surface area contributed by atoms with E-state index in [9.17, 15) is 0 Å². The van der Waals surface area contributed by atoms with Crippen LogP contribution in [0.3, 0.4) is 0 Å². The fourth-order valence-corrected chi connectivity index (χ4v) is 0.953. The van der Waals surface area contributed by atoms with Gasteiger partial charge in [0, 0.05) is 5.02 Å². The van der Waals surface area contributed by atoms with Crippen molar-refractivity contribution in [1.29, 1.82) is 0 Å². The summed E-state index contributed by atoms with van der Waals surface area (Å²) in [6, 6.07) is 7.12. The fraction of sp³-hybridized carbons (Fsp3) is 0.273. The lowest BCUT2D eigenvalue weighted by Gasteiger charge is -2.19. The molecule has 1 aromatic rings. The van der Waals surface area contributed by atoms with Gasteiger partial charge in [0.05, 0.1) is 0 Å². The number of hydrogen-bond donors (Lipinski definition) is 0. The van der Waals surface area contributed by atoms with E-state index in [0.717, 1.165) is 5.75 Å². The molecule has 0 saturated heterocycles. The second-order valence-electron chi connectivity index (χ2n) is 3.21. The molecular weight excluding hydrogens is 184 g/mol. The molecule has 0 spiro atoms. The number of terminal acetylenes is 1. The average molecular weight is 195 g/mol. The van der Waals surface area contributed by atoms with E-state index >= 15 is 0 Å². The quantitative estimate of drug-likeness (QED) is 0.658. The van der Waals surface area contributed by atoms with E-state index in [2.05, 4.69) is 5.92 Å². The summed E-state index contributed by atoms with van der Waals surface area (Å²) in [4.78, 5) is 0.